The number of carbonyl (C=O) groups is 2. The number of rotatable bonds is 5. The molecule has 0 radical (unpaired) electrons. The van der Waals surface area contributed by atoms with Crippen LogP contribution >= 0.6 is 15.9 Å². The number of methoxy groups -OCH3 is 1. The van der Waals surface area contributed by atoms with Gasteiger partial charge in [0.1, 0.15) is 5.75 Å². The normalized spacial score (nSPS) is 11.7. The number of amides is 2. The van der Waals surface area contributed by atoms with E-state index in [1.807, 2.05) is 0 Å². The zero-order valence-electron chi connectivity index (χ0n) is 15.7. The third-order valence-electron chi connectivity index (χ3n) is 4.01. The number of carbonyl (C=O) groups excluding carboxylic acids is 2. The Kier molecular flexibility index (Phi) is 7.58. The van der Waals surface area contributed by atoms with Crippen LogP contribution in [0.5, 0.6) is 5.75 Å². The van der Waals surface area contributed by atoms with Gasteiger partial charge in [-0.15, -0.1) is 0 Å². The van der Waals surface area contributed by atoms with Crippen LogP contribution in [-0.2, 0) is 28.4 Å². The van der Waals surface area contributed by atoms with Crippen molar-refractivity contribution in [1.82, 2.24) is 5.32 Å². The zero-order valence-corrected chi connectivity index (χ0v) is 17.3. The molecule has 12 heteroatoms. The van der Waals surface area contributed by atoms with Crippen LogP contribution in [0.15, 0.2) is 40.9 Å². The summed E-state index contributed by atoms with van der Waals surface area (Å²) in [5, 5.41) is 4.01. The molecule has 0 spiro atoms. The molecule has 0 saturated carbocycles. The highest BCUT2D eigenvalue weighted by atomic mass is 79.9. The van der Waals surface area contributed by atoms with Crippen molar-refractivity contribution in [3.05, 3.63) is 57.6 Å². The Morgan fingerprint density at radius 1 is 0.935 bits per heavy atom. The second-order valence-electron chi connectivity index (χ2n) is 6.19. The fourth-order valence-electron chi connectivity index (χ4n) is 2.49. The molecule has 0 heterocycles. The Hall–Kier alpha value is -2.76. The van der Waals surface area contributed by atoms with Crippen molar-refractivity contribution < 1.29 is 40.7 Å². The Morgan fingerprint density at radius 2 is 1.45 bits per heavy atom. The summed E-state index contributed by atoms with van der Waals surface area (Å²) in [4.78, 5) is 23.8. The highest BCUT2D eigenvalue weighted by Crippen LogP contribution is 2.44. The Morgan fingerprint density at radius 3 is 1.90 bits per heavy atom. The largest absolute Gasteiger partial charge is 0.497 e. The molecule has 0 unspecified atom stereocenters. The molecule has 0 saturated heterocycles. The minimum absolute atomic E-state index is 0.0144. The fraction of sp³-hybridized carbons (Fsp3) is 0.263. The summed E-state index contributed by atoms with van der Waals surface area (Å²) in [6.07, 6.45) is -9.92. The molecule has 2 rings (SSSR count). The molecule has 0 bridgehead atoms. The standard InChI is InChI=1S/C19H15BrF6N2O3/c1-31-12-4-2-10(3-5-12)6-7-27-16(29)17(30)28-11-8-13(18(21,22)23)15(20)14(9-11)19(24,25)26/h2-5,8-9H,6-7H2,1H3,(H,27,29)(H,28,30). The summed E-state index contributed by atoms with van der Waals surface area (Å²) in [5.41, 5.74) is -3.30. The van der Waals surface area contributed by atoms with Crippen LogP contribution in [0.2, 0.25) is 0 Å². The SMILES string of the molecule is COc1ccc(CCNC(=O)C(=O)Nc2cc(C(F)(F)F)c(Br)c(C(F)(F)F)c2)cc1. The maximum Gasteiger partial charge on any atom is 0.417 e. The minimum Gasteiger partial charge on any atom is -0.497 e. The van der Waals surface area contributed by atoms with Crippen molar-refractivity contribution in [2.75, 3.05) is 19.0 Å². The van der Waals surface area contributed by atoms with E-state index in [9.17, 15) is 35.9 Å². The Labute approximate surface area is 180 Å². The fourth-order valence-corrected chi connectivity index (χ4v) is 3.17. The summed E-state index contributed by atoms with van der Waals surface area (Å²) in [5.74, 6) is -1.99. The second kappa shape index (κ2) is 9.58. The molecule has 168 valence electrons. The molecule has 2 amide bonds. The quantitative estimate of drug-likeness (QED) is 0.447. The van der Waals surface area contributed by atoms with Crippen molar-refractivity contribution in [1.29, 1.82) is 0 Å². The monoisotopic (exact) mass is 512 g/mol. The predicted molar refractivity (Wildman–Crippen MR) is 102 cm³/mol. The number of ether oxygens (including phenoxy) is 1. The first-order chi connectivity index (χ1) is 14.3. The molecule has 0 fully saturated rings. The van der Waals surface area contributed by atoms with Crippen molar-refractivity contribution >= 4 is 33.4 Å². The molecule has 0 aliphatic heterocycles. The number of hydrogen-bond acceptors (Lipinski definition) is 3. The van der Waals surface area contributed by atoms with E-state index in [4.69, 9.17) is 4.74 Å². The van der Waals surface area contributed by atoms with E-state index in [0.717, 1.165) is 5.56 Å². The molecule has 2 N–H and O–H groups in total. The lowest BCUT2D eigenvalue weighted by atomic mass is 10.1. The third kappa shape index (κ3) is 6.61. The van der Waals surface area contributed by atoms with Gasteiger partial charge < -0.3 is 15.4 Å². The van der Waals surface area contributed by atoms with Gasteiger partial charge >= 0.3 is 24.2 Å². The zero-order chi connectivity index (χ0) is 23.4. The van der Waals surface area contributed by atoms with Crippen LogP contribution < -0.4 is 15.4 Å². The van der Waals surface area contributed by atoms with E-state index in [0.29, 0.717) is 24.3 Å². The predicted octanol–water partition coefficient (Wildman–Crippen LogP) is 4.79. The highest BCUT2D eigenvalue weighted by Gasteiger charge is 2.41. The van der Waals surface area contributed by atoms with Gasteiger partial charge in [-0.3, -0.25) is 9.59 Å². The van der Waals surface area contributed by atoms with Gasteiger partial charge in [-0.2, -0.15) is 26.3 Å². The number of nitrogens with one attached hydrogen (secondary N) is 2. The van der Waals surface area contributed by atoms with Gasteiger partial charge in [-0.05, 0) is 52.2 Å². The third-order valence-corrected chi connectivity index (χ3v) is 4.86. The van der Waals surface area contributed by atoms with E-state index in [2.05, 4.69) is 21.2 Å². The van der Waals surface area contributed by atoms with Crippen LogP contribution in [0.3, 0.4) is 0 Å². The lowest BCUT2D eigenvalue weighted by Gasteiger charge is -2.17. The van der Waals surface area contributed by atoms with E-state index >= 15 is 0 Å². The van der Waals surface area contributed by atoms with Gasteiger partial charge in [0.2, 0.25) is 0 Å². The van der Waals surface area contributed by atoms with Crippen molar-refractivity contribution in [2.24, 2.45) is 0 Å². The van der Waals surface area contributed by atoms with Crippen LogP contribution in [0.25, 0.3) is 0 Å². The number of hydrogen-bond donors (Lipinski definition) is 2. The van der Waals surface area contributed by atoms with Gasteiger partial charge in [0.05, 0.1) is 18.2 Å². The molecule has 0 aromatic heterocycles. The van der Waals surface area contributed by atoms with Crippen LogP contribution in [0.4, 0.5) is 32.0 Å². The van der Waals surface area contributed by atoms with E-state index in [1.54, 1.807) is 29.6 Å². The molecule has 0 aliphatic rings. The van der Waals surface area contributed by atoms with Gasteiger partial charge in [-0.25, -0.2) is 0 Å². The number of anilines is 1. The summed E-state index contributed by atoms with van der Waals surface area (Å²) in [6.45, 7) is 0.0144. The number of benzene rings is 2. The lowest BCUT2D eigenvalue weighted by Crippen LogP contribution is -2.36. The van der Waals surface area contributed by atoms with Crippen molar-refractivity contribution in [3.8, 4) is 5.75 Å². The second-order valence-corrected chi connectivity index (χ2v) is 6.98. The molecular weight excluding hydrogens is 498 g/mol. The highest BCUT2D eigenvalue weighted by molar-refractivity contribution is 9.10. The van der Waals surface area contributed by atoms with E-state index < -0.39 is 45.5 Å². The van der Waals surface area contributed by atoms with Crippen molar-refractivity contribution in [3.63, 3.8) is 0 Å². The van der Waals surface area contributed by atoms with Crippen LogP contribution in [0, 0.1) is 0 Å². The van der Waals surface area contributed by atoms with Crippen LogP contribution in [-0.4, -0.2) is 25.5 Å². The number of halogens is 7. The van der Waals surface area contributed by atoms with Gasteiger partial charge in [-0.1, -0.05) is 12.1 Å². The summed E-state index contributed by atoms with van der Waals surface area (Å²) in [6, 6.07) is 7.44. The maximum atomic E-state index is 13.1. The molecule has 2 aromatic carbocycles. The summed E-state index contributed by atoms with van der Waals surface area (Å²) in [7, 11) is 1.49. The smallest absolute Gasteiger partial charge is 0.417 e. The summed E-state index contributed by atoms with van der Waals surface area (Å²) < 4.78 is 82.2. The van der Waals surface area contributed by atoms with Gasteiger partial charge in [0, 0.05) is 16.7 Å². The molecular formula is C19H15BrF6N2O3. The minimum atomic E-state index is -5.12. The first-order valence-electron chi connectivity index (χ1n) is 8.53. The average Bonchev–Trinajstić information content (AvgIpc) is 2.67. The topological polar surface area (TPSA) is 67.4 Å². The molecule has 0 atom stereocenters. The average molecular weight is 513 g/mol. The summed E-state index contributed by atoms with van der Waals surface area (Å²) >= 11 is 2.31. The first kappa shape index (κ1) is 24.5. The molecule has 5 nitrogen and oxygen atoms in total. The maximum absolute atomic E-state index is 13.1. The van der Waals surface area contributed by atoms with Crippen LogP contribution in [0.1, 0.15) is 16.7 Å². The molecule has 31 heavy (non-hydrogen) atoms. The van der Waals surface area contributed by atoms with E-state index in [1.165, 1.54) is 7.11 Å². The Balaban J connectivity index is 2.08. The van der Waals surface area contributed by atoms with Gasteiger partial charge in [0.15, 0.2) is 0 Å². The van der Waals surface area contributed by atoms with E-state index in [-0.39, 0.29) is 6.54 Å². The number of alkyl halides is 6. The van der Waals surface area contributed by atoms with Crippen molar-refractivity contribution in [2.45, 2.75) is 18.8 Å². The molecule has 2 aromatic rings. The Bertz CT molecular complexity index is 924. The van der Waals surface area contributed by atoms with Gasteiger partial charge in [0.25, 0.3) is 0 Å². The lowest BCUT2D eigenvalue weighted by molar-refractivity contribution is -0.144. The molecule has 0 aliphatic carbocycles. The first-order valence-corrected chi connectivity index (χ1v) is 9.32.